The van der Waals surface area contributed by atoms with Crippen LogP contribution < -0.4 is 4.90 Å². The summed E-state index contributed by atoms with van der Waals surface area (Å²) in [5.41, 5.74) is 7.46. The zero-order valence-electron chi connectivity index (χ0n) is 26.1. The number of nitrogens with zero attached hydrogens (tertiary/aromatic N) is 1. The standard InChI is InChI=1S/C46H29NO/c1-2-12-30(13-3-1)31-24-26-34(27-25-31)47(42-29-44-46(39-19-9-7-17-37(39)42)40-20-10-11-21-43(40)48-44)41-28-33-23-22-32-14-4-5-15-35(32)45(33)38-18-8-6-16-36(38)41/h1-29H. The lowest BCUT2D eigenvalue weighted by molar-refractivity contribution is 0.669. The number of anilines is 3. The monoisotopic (exact) mass is 611 g/mol. The first-order valence-electron chi connectivity index (χ1n) is 16.4. The molecule has 224 valence electrons. The molecule has 0 aliphatic heterocycles. The lowest BCUT2D eigenvalue weighted by atomic mass is 9.94. The van der Waals surface area contributed by atoms with Crippen molar-refractivity contribution in [3.05, 3.63) is 176 Å². The minimum absolute atomic E-state index is 0.881. The van der Waals surface area contributed by atoms with Crippen molar-refractivity contribution in [3.8, 4) is 11.1 Å². The van der Waals surface area contributed by atoms with Gasteiger partial charge in [-0.05, 0) is 67.7 Å². The smallest absolute Gasteiger partial charge is 0.138 e. The number of para-hydroxylation sites is 1. The molecule has 0 saturated carbocycles. The van der Waals surface area contributed by atoms with E-state index in [1.165, 1.54) is 54.2 Å². The van der Waals surface area contributed by atoms with E-state index in [1.807, 2.05) is 6.07 Å². The molecule has 1 aromatic heterocycles. The number of hydrogen-bond acceptors (Lipinski definition) is 2. The SMILES string of the molecule is c1ccc(-c2ccc(N(c3cc4ccc5ccccc5c4c4ccccc34)c3cc4oc5ccccc5c4c4ccccc34)cc2)cc1. The third-order valence-corrected chi connectivity index (χ3v) is 9.80. The fraction of sp³-hybridized carbons (Fsp3) is 0. The first kappa shape index (κ1) is 26.8. The summed E-state index contributed by atoms with van der Waals surface area (Å²) >= 11 is 0. The maximum Gasteiger partial charge on any atom is 0.138 e. The van der Waals surface area contributed by atoms with Gasteiger partial charge >= 0.3 is 0 Å². The molecule has 0 N–H and O–H groups in total. The Bertz CT molecular complexity index is 2830. The summed E-state index contributed by atoms with van der Waals surface area (Å²) in [6.45, 7) is 0. The van der Waals surface area contributed by atoms with E-state index < -0.39 is 0 Å². The predicted octanol–water partition coefficient (Wildman–Crippen LogP) is 13.3. The molecule has 0 atom stereocenters. The first-order valence-corrected chi connectivity index (χ1v) is 16.4. The van der Waals surface area contributed by atoms with E-state index in [0.29, 0.717) is 0 Å². The number of hydrogen-bond donors (Lipinski definition) is 0. The van der Waals surface area contributed by atoms with Gasteiger partial charge < -0.3 is 9.32 Å². The highest BCUT2D eigenvalue weighted by Gasteiger charge is 2.23. The van der Waals surface area contributed by atoms with Crippen molar-refractivity contribution in [3.63, 3.8) is 0 Å². The maximum atomic E-state index is 6.58. The summed E-state index contributed by atoms with van der Waals surface area (Å²) in [4.78, 5) is 2.43. The molecule has 9 aromatic carbocycles. The van der Waals surface area contributed by atoms with Crippen molar-refractivity contribution in [1.29, 1.82) is 0 Å². The van der Waals surface area contributed by atoms with Crippen LogP contribution >= 0.6 is 0 Å². The molecule has 48 heavy (non-hydrogen) atoms. The van der Waals surface area contributed by atoms with Crippen LogP contribution in [0.15, 0.2) is 180 Å². The topological polar surface area (TPSA) is 16.4 Å². The van der Waals surface area contributed by atoms with Gasteiger partial charge in [0.25, 0.3) is 0 Å². The summed E-state index contributed by atoms with van der Waals surface area (Å²) < 4.78 is 6.58. The number of fused-ring (bicyclic) bond motifs is 10. The summed E-state index contributed by atoms with van der Waals surface area (Å²) in [6, 6.07) is 63.3. The minimum Gasteiger partial charge on any atom is -0.456 e. The van der Waals surface area contributed by atoms with Crippen LogP contribution in [0.5, 0.6) is 0 Å². The van der Waals surface area contributed by atoms with Crippen LogP contribution in [0.25, 0.3) is 76.2 Å². The van der Waals surface area contributed by atoms with Crippen molar-refractivity contribution in [2.45, 2.75) is 0 Å². The Hall–Kier alpha value is -6.38. The molecule has 0 fully saturated rings. The van der Waals surface area contributed by atoms with Gasteiger partial charge in [0.15, 0.2) is 0 Å². The lowest BCUT2D eigenvalue weighted by Gasteiger charge is -2.29. The quantitative estimate of drug-likeness (QED) is 0.184. The molecule has 0 spiro atoms. The highest BCUT2D eigenvalue weighted by atomic mass is 16.3. The molecule has 2 heteroatoms. The Morgan fingerprint density at radius 2 is 0.875 bits per heavy atom. The van der Waals surface area contributed by atoms with E-state index >= 15 is 0 Å². The van der Waals surface area contributed by atoms with Gasteiger partial charge in [0, 0.05) is 33.3 Å². The summed E-state index contributed by atoms with van der Waals surface area (Å²) in [5, 5.41) is 12.1. The van der Waals surface area contributed by atoms with Gasteiger partial charge in [-0.25, -0.2) is 0 Å². The van der Waals surface area contributed by atoms with Crippen molar-refractivity contribution < 1.29 is 4.42 Å². The fourth-order valence-electron chi connectivity index (χ4n) is 7.64. The van der Waals surface area contributed by atoms with Crippen molar-refractivity contribution in [2.75, 3.05) is 4.90 Å². The van der Waals surface area contributed by atoms with E-state index in [2.05, 4.69) is 175 Å². The Labute approximate surface area is 277 Å². The summed E-state index contributed by atoms with van der Waals surface area (Å²) in [7, 11) is 0. The second-order valence-corrected chi connectivity index (χ2v) is 12.5. The molecule has 1 heterocycles. The van der Waals surface area contributed by atoms with Gasteiger partial charge in [0.1, 0.15) is 11.2 Å². The molecule has 0 saturated heterocycles. The normalized spacial score (nSPS) is 11.8. The number of furan rings is 1. The van der Waals surface area contributed by atoms with Crippen molar-refractivity contribution in [1.82, 2.24) is 0 Å². The molecular weight excluding hydrogens is 583 g/mol. The van der Waals surface area contributed by atoms with Crippen LogP contribution in [0.4, 0.5) is 17.1 Å². The average molecular weight is 612 g/mol. The molecule has 2 nitrogen and oxygen atoms in total. The van der Waals surface area contributed by atoms with Crippen molar-refractivity contribution in [2.24, 2.45) is 0 Å². The van der Waals surface area contributed by atoms with E-state index in [4.69, 9.17) is 4.42 Å². The average Bonchev–Trinajstić information content (AvgIpc) is 3.54. The fourth-order valence-corrected chi connectivity index (χ4v) is 7.64. The van der Waals surface area contributed by atoms with Crippen LogP contribution in [0.2, 0.25) is 0 Å². The van der Waals surface area contributed by atoms with Crippen LogP contribution in [-0.2, 0) is 0 Å². The third kappa shape index (κ3) is 4.06. The zero-order chi connectivity index (χ0) is 31.6. The molecule has 10 aromatic rings. The van der Waals surface area contributed by atoms with E-state index in [0.717, 1.165) is 39.0 Å². The Balaban J connectivity index is 1.31. The van der Waals surface area contributed by atoms with Crippen LogP contribution in [-0.4, -0.2) is 0 Å². The molecule has 0 aliphatic carbocycles. The number of rotatable bonds is 4. The predicted molar refractivity (Wildman–Crippen MR) is 204 cm³/mol. The van der Waals surface area contributed by atoms with Gasteiger partial charge in [0.05, 0.1) is 11.4 Å². The van der Waals surface area contributed by atoms with Gasteiger partial charge in [-0.2, -0.15) is 0 Å². The van der Waals surface area contributed by atoms with Crippen LogP contribution in [0, 0.1) is 0 Å². The second kappa shape index (κ2) is 10.6. The Kier molecular flexibility index (Phi) is 5.91. The first-order chi connectivity index (χ1) is 23.8. The second-order valence-electron chi connectivity index (χ2n) is 12.5. The molecule has 0 aliphatic rings. The lowest BCUT2D eigenvalue weighted by Crippen LogP contribution is -2.11. The molecular formula is C46H29NO. The maximum absolute atomic E-state index is 6.58. The van der Waals surface area contributed by atoms with Gasteiger partial charge in [-0.15, -0.1) is 0 Å². The van der Waals surface area contributed by atoms with E-state index in [1.54, 1.807) is 0 Å². The minimum atomic E-state index is 0.881. The Morgan fingerprint density at radius 1 is 0.333 bits per heavy atom. The van der Waals surface area contributed by atoms with Crippen LogP contribution in [0.1, 0.15) is 0 Å². The molecule has 0 amide bonds. The van der Waals surface area contributed by atoms with Gasteiger partial charge in [-0.3, -0.25) is 0 Å². The molecule has 10 rings (SSSR count). The Morgan fingerprint density at radius 3 is 1.62 bits per heavy atom. The van der Waals surface area contributed by atoms with Crippen molar-refractivity contribution >= 4 is 82.1 Å². The third-order valence-electron chi connectivity index (χ3n) is 9.80. The van der Waals surface area contributed by atoms with Gasteiger partial charge in [0.2, 0.25) is 0 Å². The largest absolute Gasteiger partial charge is 0.456 e. The highest BCUT2D eigenvalue weighted by Crippen LogP contribution is 2.48. The summed E-state index contributed by atoms with van der Waals surface area (Å²) in [6.07, 6.45) is 0. The molecule has 0 bridgehead atoms. The van der Waals surface area contributed by atoms with Gasteiger partial charge in [-0.1, -0.05) is 146 Å². The van der Waals surface area contributed by atoms with E-state index in [9.17, 15) is 0 Å². The summed E-state index contributed by atoms with van der Waals surface area (Å²) in [5.74, 6) is 0. The van der Waals surface area contributed by atoms with E-state index in [-0.39, 0.29) is 0 Å². The molecule has 0 radical (unpaired) electrons. The van der Waals surface area contributed by atoms with Crippen LogP contribution in [0.3, 0.4) is 0 Å². The number of benzene rings is 9. The molecule has 0 unspecified atom stereocenters. The highest BCUT2D eigenvalue weighted by molar-refractivity contribution is 6.26. The zero-order valence-corrected chi connectivity index (χ0v) is 26.1.